The normalized spacial score (nSPS) is 13.1. The van der Waals surface area contributed by atoms with Crippen LogP contribution in [0.5, 0.6) is 0 Å². The van der Waals surface area contributed by atoms with Crippen LogP contribution < -0.4 is 0 Å². The van der Waals surface area contributed by atoms with Crippen LogP contribution >= 0.6 is 11.6 Å². The molecule has 0 spiro atoms. The van der Waals surface area contributed by atoms with E-state index >= 15 is 0 Å². The van der Waals surface area contributed by atoms with E-state index in [2.05, 4.69) is 26.2 Å². The second-order valence-corrected chi connectivity index (χ2v) is 16.0. The van der Waals surface area contributed by atoms with Crippen LogP contribution in [0, 0.1) is 5.92 Å². The van der Waals surface area contributed by atoms with E-state index in [1.54, 1.807) is 0 Å². The van der Waals surface area contributed by atoms with Crippen LogP contribution in [-0.2, 0) is 8.91 Å². The molecule has 108 valence electrons. The minimum Gasteiger partial charge on any atom is -0.455 e. The summed E-state index contributed by atoms with van der Waals surface area (Å²) in [4.78, 5) is 11.5. The van der Waals surface area contributed by atoms with Gasteiger partial charge in [-0.25, -0.2) is 0 Å². The first-order valence-corrected chi connectivity index (χ1v) is 13.6. The first-order valence-electron chi connectivity index (χ1n) is 6.88. The van der Waals surface area contributed by atoms with Crippen LogP contribution in [0.4, 0.5) is 0 Å². The molecule has 0 aliphatic heterocycles. The zero-order chi connectivity index (χ0) is 14.4. The monoisotopic (exact) mass is 308 g/mol. The molecule has 0 aliphatic carbocycles. The Bertz CT molecular complexity index is 266. The first kappa shape index (κ1) is 18.4. The molecule has 0 atom stereocenters. The Balaban J connectivity index is 3.94. The Morgan fingerprint density at radius 3 is 2.11 bits per heavy atom. The van der Waals surface area contributed by atoms with Crippen LogP contribution in [0.3, 0.4) is 0 Å². The van der Waals surface area contributed by atoms with Crippen molar-refractivity contribution in [2.75, 3.05) is 5.50 Å². The van der Waals surface area contributed by atoms with E-state index in [1.165, 1.54) is 0 Å². The third-order valence-corrected chi connectivity index (χ3v) is 11.5. The highest BCUT2D eigenvalue weighted by atomic mass is 35.5. The van der Waals surface area contributed by atoms with Gasteiger partial charge >= 0.3 is 0 Å². The zero-order valence-corrected chi connectivity index (χ0v) is 15.6. The van der Waals surface area contributed by atoms with Crippen molar-refractivity contribution in [1.82, 2.24) is 0 Å². The number of unbranched alkanes of at least 4 members (excludes halogenated alkanes) is 1. The van der Waals surface area contributed by atoms with E-state index in [0.717, 1.165) is 25.3 Å². The lowest BCUT2D eigenvalue weighted by atomic mass is 10.0. The molecule has 0 bridgehead atoms. The summed E-state index contributed by atoms with van der Waals surface area (Å²) in [5, 5.41) is 0. The summed E-state index contributed by atoms with van der Waals surface area (Å²) in [5.41, 5.74) is 0.662. The molecule has 0 amide bonds. The van der Waals surface area contributed by atoms with Crippen molar-refractivity contribution >= 4 is 34.0 Å². The number of Topliss-reactive ketones (excluding diaryl/α,β-unsaturated/α-hetero) is 1. The van der Waals surface area contributed by atoms with Crippen LogP contribution in [-0.4, -0.2) is 27.9 Å². The van der Waals surface area contributed by atoms with Crippen molar-refractivity contribution in [3.05, 3.63) is 0 Å². The predicted octanol–water partition coefficient (Wildman–Crippen LogP) is 4.59. The molecule has 2 nitrogen and oxygen atoms in total. The molecule has 0 aliphatic rings. The summed E-state index contributed by atoms with van der Waals surface area (Å²) < 4.78 is 6.29. The van der Waals surface area contributed by atoms with E-state index in [4.69, 9.17) is 15.7 Å². The highest BCUT2D eigenvalue weighted by Gasteiger charge is 2.31. The third kappa shape index (κ3) is 8.45. The van der Waals surface area contributed by atoms with Gasteiger partial charge in [-0.05, 0) is 38.7 Å². The molecule has 0 aromatic rings. The predicted molar refractivity (Wildman–Crippen MR) is 85.3 cm³/mol. The van der Waals surface area contributed by atoms with Gasteiger partial charge in [0, 0.05) is 17.8 Å². The van der Waals surface area contributed by atoms with Crippen molar-refractivity contribution in [2.24, 2.45) is 5.92 Å². The van der Waals surface area contributed by atoms with E-state index in [9.17, 15) is 4.79 Å². The van der Waals surface area contributed by atoms with Gasteiger partial charge in [0.15, 0.2) is 16.6 Å². The van der Waals surface area contributed by atoms with Gasteiger partial charge in [0.05, 0.1) is 0 Å². The van der Waals surface area contributed by atoms with E-state index in [1.807, 2.05) is 13.8 Å². The first-order chi connectivity index (χ1) is 8.09. The van der Waals surface area contributed by atoms with Gasteiger partial charge in [-0.2, -0.15) is 0 Å². The van der Waals surface area contributed by atoms with Crippen molar-refractivity contribution in [3.8, 4) is 0 Å². The van der Waals surface area contributed by atoms with Gasteiger partial charge in [0.2, 0.25) is 0 Å². The molecular formula is C13H29ClO2Si2. The van der Waals surface area contributed by atoms with Gasteiger partial charge in [-0.3, -0.25) is 4.79 Å². The van der Waals surface area contributed by atoms with E-state index in [0.29, 0.717) is 11.3 Å². The molecule has 0 radical (unpaired) electrons. The minimum atomic E-state index is -1.65. The average molecular weight is 309 g/mol. The summed E-state index contributed by atoms with van der Waals surface area (Å²) in [7, 11) is -3.25. The highest BCUT2D eigenvalue weighted by Crippen LogP contribution is 2.22. The molecule has 0 aromatic carbocycles. The largest absolute Gasteiger partial charge is 0.455 e. The van der Waals surface area contributed by atoms with E-state index < -0.39 is 16.6 Å². The zero-order valence-electron chi connectivity index (χ0n) is 12.8. The number of hydrogen-bond acceptors (Lipinski definition) is 2. The molecule has 0 saturated carbocycles. The summed E-state index contributed by atoms with van der Waals surface area (Å²) in [6.45, 7) is 12.8. The van der Waals surface area contributed by atoms with E-state index in [-0.39, 0.29) is 5.92 Å². The number of carbonyl (C=O) groups is 1. The smallest absolute Gasteiger partial charge is 0.188 e. The molecule has 0 N–H and O–H groups in total. The highest BCUT2D eigenvalue weighted by molar-refractivity contribution is 6.87. The second kappa shape index (κ2) is 7.83. The summed E-state index contributed by atoms with van der Waals surface area (Å²) in [6, 6.07) is 1.13. The van der Waals surface area contributed by atoms with Crippen molar-refractivity contribution in [2.45, 2.75) is 65.3 Å². The lowest BCUT2D eigenvalue weighted by Crippen LogP contribution is -2.45. The molecule has 0 rings (SSSR count). The number of halogens is 1. The number of ketones is 1. The topological polar surface area (TPSA) is 26.3 Å². The molecule has 0 unspecified atom stereocenters. The number of rotatable bonds is 9. The molecule has 18 heavy (non-hydrogen) atoms. The lowest BCUT2D eigenvalue weighted by Gasteiger charge is -2.32. The van der Waals surface area contributed by atoms with Gasteiger partial charge in [-0.15, -0.1) is 11.6 Å². The van der Waals surface area contributed by atoms with Crippen LogP contribution in [0.15, 0.2) is 0 Å². The van der Waals surface area contributed by atoms with Gasteiger partial charge < -0.3 is 4.12 Å². The van der Waals surface area contributed by atoms with Crippen molar-refractivity contribution in [1.29, 1.82) is 0 Å². The maximum Gasteiger partial charge on any atom is 0.188 e. The molecule has 0 aromatic heterocycles. The second-order valence-electron chi connectivity index (χ2n) is 6.58. The SMILES string of the molecule is CC(C)C(=O)CCCC[Si](C)(C)O[Si](C)(C)CCl. The maximum atomic E-state index is 11.5. The van der Waals surface area contributed by atoms with Crippen LogP contribution in [0.25, 0.3) is 0 Å². The fourth-order valence-corrected chi connectivity index (χ4v) is 10.2. The van der Waals surface area contributed by atoms with Gasteiger partial charge in [-0.1, -0.05) is 20.3 Å². The number of hydrogen-bond donors (Lipinski definition) is 0. The van der Waals surface area contributed by atoms with Gasteiger partial charge in [0.25, 0.3) is 0 Å². The molecule has 5 heteroatoms. The standard InChI is InChI=1S/C13H29ClO2Si2/c1-12(2)13(15)9-7-8-10-17(3,4)16-18(5,6)11-14/h12H,7-11H2,1-6H3. The minimum absolute atomic E-state index is 0.175. The Morgan fingerprint density at radius 2 is 1.67 bits per heavy atom. The average Bonchev–Trinajstić information content (AvgIpc) is 2.22. The summed E-state index contributed by atoms with van der Waals surface area (Å²) in [6.07, 6.45) is 2.82. The Kier molecular flexibility index (Phi) is 7.98. The van der Waals surface area contributed by atoms with Crippen LogP contribution in [0.2, 0.25) is 32.2 Å². The number of alkyl halides is 1. The quantitative estimate of drug-likeness (QED) is 0.354. The fraction of sp³-hybridized carbons (Fsp3) is 0.923. The Labute approximate surface area is 120 Å². The molecular weight excluding hydrogens is 280 g/mol. The third-order valence-electron chi connectivity index (χ3n) is 2.97. The van der Waals surface area contributed by atoms with Crippen molar-refractivity contribution < 1.29 is 8.91 Å². The fourth-order valence-electron chi connectivity index (χ4n) is 1.96. The molecule has 0 heterocycles. The Morgan fingerprint density at radius 1 is 1.11 bits per heavy atom. The maximum absolute atomic E-state index is 11.5. The molecule has 0 fully saturated rings. The lowest BCUT2D eigenvalue weighted by molar-refractivity contribution is -0.122. The van der Waals surface area contributed by atoms with Crippen LogP contribution in [0.1, 0.15) is 33.1 Å². The Hall–Kier alpha value is 0.354. The molecule has 0 saturated heterocycles. The summed E-state index contributed by atoms with van der Waals surface area (Å²) >= 11 is 5.95. The van der Waals surface area contributed by atoms with Crippen molar-refractivity contribution in [3.63, 3.8) is 0 Å². The van der Waals surface area contributed by atoms with Gasteiger partial charge in [0.1, 0.15) is 5.78 Å². The number of carbonyl (C=O) groups excluding carboxylic acids is 1. The summed E-state index contributed by atoms with van der Waals surface area (Å²) in [5.74, 6) is 0.556.